The van der Waals surface area contributed by atoms with Crippen LogP contribution in [0.15, 0.2) is 30.3 Å². The number of carbonyl (C=O) groups is 2. The number of hydrogen-bond donors (Lipinski definition) is 1. The molecule has 4 heteroatoms. The molecule has 20 heavy (non-hydrogen) atoms. The number of benzene rings is 1. The minimum Gasteiger partial charge on any atom is -0.466 e. The van der Waals surface area contributed by atoms with E-state index in [1.165, 1.54) is 0 Å². The summed E-state index contributed by atoms with van der Waals surface area (Å²) < 4.78 is 4.81. The van der Waals surface area contributed by atoms with Gasteiger partial charge in [-0.2, -0.15) is 0 Å². The fraction of sp³-hybridized carbons (Fsp3) is 0.500. The lowest BCUT2D eigenvalue weighted by atomic mass is 10.0. The molecule has 110 valence electrons. The van der Waals surface area contributed by atoms with Crippen molar-refractivity contribution >= 4 is 11.9 Å². The monoisotopic (exact) mass is 277 g/mol. The molecule has 1 amide bonds. The number of rotatable bonds is 8. The van der Waals surface area contributed by atoms with Crippen LogP contribution in [0.4, 0.5) is 0 Å². The van der Waals surface area contributed by atoms with E-state index in [9.17, 15) is 9.59 Å². The van der Waals surface area contributed by atoms with Crippen molar-refractivity contribution in [2.45, 2.75) is 45.6 Å². The summed E-state index contributed by atoms with van der Waals surface area (Å²) in [7, 11) is 0. The van der Waals surface area contributed by atoms with Gasteiger partial charge in [-0.1, -0.05) is 43.7 Å². The summed E-state index contributed by atoms with van der Waals surface area (Å²) in [4.78, 5) is 23.1. The molecule has 1 aromatic carbocycles. The molecule has 0 aliphatic heterocycles. The van der Waals surface area contributed by atoms with Crippen LogP contribution in [0.1, 0.15) is 51.1 Å². The van der Waals surface area contributed by atoms with Crippen LogP contribution in [0.25, 0.3) is 0 Å². The number of ether oxygens (including phenoxy) is 1. The van der Waals surface area contributed by atoms with Crippen LogP contribution in [-0.4, -0.2) is 18.5 Å². The summed E-state index contributed by atoms with van der Waals surface area (Å²) in [5.74, 6) is -0.435. The van der Waals surface area contributed by atoms with Crippen molar-refractivity contribution in [1.29, 1.82) is 0 Å². The van der Waals surface area contributed by atoms with Gasteiger partial charge < -0.3 is 10.1 Å². The summed E-state index contributed by atoms with van der Waals surface area (Å²) in [6.45, 7) is 4.19. The van der Waals surface area contributed by atoms with Gasteiger partial charge in [0.1, 0.15) is 0 Å². The van der Waals surface area contributed by atoms with Gasteiger partial charge in [-0.3, -0.25) is 9.59 Å². The zero-order valence-corrected chi connectivity index (χ0v) is 12.2. The van der Waals surface area contributed by atoms with Crippen LogP contribution in [0.3, 0.4) is 0 Å². The van der Waals surface area contributed by atoms with Crippen molar-refractivity contribution < 1.29 is 14.3 Å². The molecule has 0 saturated heterocycles. The van der Waals surface area contributed by atoms with E-state index >= 15 is 0 Å². The van der Waals surface area contributed by atoms with E-state index < -0.39 is 0 Å². The lowest BCUT2D eigenvalue weighted by Crippen LogP contribution is -2.28. The average molecular weight is 277 g/mol. The maximum Gasteiger partial charge on any atom is 0.306 e. The maximum absolute atomic E-state index is 11.9. The van der Waals surface area contributed by atoms with Crippen molar-refractivity contribution in [2.75, 3.05) is 6.61 Å². The Morgan fingerprint density at radius 3 is 2.45 bits per heavy atom. The average Bonchev–Trinajstić information content (AvgIpc) is 2.46. The first-order valence-electron chi connectivity index (χ1n) is 7.17. The van der Waals surface area contributed by atoms with Gasteiger partial charge in [-0.05, 0) is 18.9 Å². The minimum absolute atomic E-state index is 0.0101. The highest BCUT2D eigenvalue weighted by molar-refractivity contribution is 5.81. The van der Waals surface area contributed by atoms with Crippen LogP contribution >= 0.6 is 0 Å². The van der Waals surface area contributed by atoms with Crippen molar-refractivity contribution in [1.82, 2.24) is 5.32 Å². The number of carbonyl (C=O) groups excluding carboxylic acids is 2. The van der Waals surface area contributed by atoms with Crippen LogP contribution in [0.2, 0.25) is 0 Å². The predicted octanol–water partition coefficient (Wildman–Crippen LogP) is 2.99. The van der Waals surface area contributed by atoms with Gasteiger partial charge in [-0.25, -0.2) is 0 Å². The highest BCUT2D eigenvalue weighted by Crippen LogP contribution is 2.18. The standard InChI is InChI=1S/C16H23NO3/c1-3-8-14(13-9-6-5-7-10-13)17-15(18)11-12-16(19)20-4-2/h5-7,9-10,14H,3-4,8,11-12H2,1-2H3,(H,17,18). The predicted molar refractivity (Wildman–Crippen MR) is 78.1 cm³/mol. The lowest BCUT2D eigenvalue weighted by Gasteiger charge is -2.18. The molecule has 1 N–H and O–H groups in total. The van der Waals surface area contributed by atoms with E-state index in [1.54, 1.807) is 6.92 Å². The second-order valence-corrected chi connectivity index (χ2v) is 4.62. The van der Waals surface area contributed by atoms with Gasteiger partial charge in [0, 0.05) is 6.42 Å². The smallest absolute Gasteiger partial charge is 0.306 e. The molecule has 1 rings (SSSR count). The Bertz CT molecular complexity index is 417. The second kappa shape index (κ2) is 9.13. The normalized spacial score (nSPS) is 11.7. The van der Waals surface area contributed by atoms with Gasteiger partial charge in [-0.15, -0.1) is 0 Å². The van der Waals surface area contributed by atoms with Gasteiger partial charge in [0.2, 0.25) is 5.91 Å². The summed E-state index contributed by atoms with van der Waals surface area (Å²) in [6.07, 6.45) is 2.17. The topological polar surface area (TPSA) is 55.4 Å². The number of hydrogen-bond acceptors (Lipinski definition) is 3. The van der Waals surface area contributed by atoms with Crippen molar-refractivity contribution in [3.63, 3.8) is 0 Å². The largest absolute Gasteiger partial charge is 0.466 e. The van der Waals surface area contributed by atoms with Crippen LogP contribution in [-0.2, 0) is 14.3 Å². The molecular weight excluding hydrogens is 254 g/mol. The molecule has 4 nitrogen and oxygen atoms in total. The zero-order valence-electron chi connectivity index (χ0n) is 12.2. The highest BCUT2D eigenvalue weighted by Gasteiger charge is 2.14. The van der Waals surface area contributed by atoms with Crippen LogP contribution < -0.4 is 5.32 Å². The minimum atomic E-state index is -0.325. The quantitative estimate of drug-likeness (QED) is 0.743. The molecular formula is C16H23NO3. The summed E-state index contributed by atoms with van der Waals surface area (Å²) in [5.41, 5.74) is 1.10. The molecule has 0 aliphatic rings. The Morgan fingerprint density at radius 2 is 1.85 bits per heavy atom. The Morgan fingerprint density at radius 1 is 1.15 bits per heavy atom. The number of nitrogens with one attached hydrogen (secondary N) is 1. The first-order valence-corrected chi connectivity index (χ1v) is 7.17. The summed E-state index contributed by atoms with van der Waals surface area (Å²) >= 11 is 0. The molecule has 0 saturated carbocycles. The first-order chi connectivity index (χ1) is 9.67. The SMILES string of the molecule is CCCC(NC(=O)CCC(=O)OCC)c1ccccc1. The Hall–Kier alpha value is -1.84. The van der Waals surface area contributed by atoms with E-state index in [-0.39, 0.29) is 30.8 Å². The molecule has 0 radical (unpaired) electrons. The van der Waals surface area contributed by atoms with E-state index in [0.717, 1.165) is 18.4 Å². The first kappa shape index (κ1) is 16.2. The van der Waals surface area contributed by atoms with Gasteiger partial charge in [0.15, 0.2) is 0 Å². The molecule has 0 spiro atoms. The Balaban J connectivity index is 2.49. The summed E-state index contributed by atoms with van der Waals surface area (Å²) in [5, 5.41) is 2.98. The van der Waals surface area contributed by atoms with Crippen LogP contribution in [0.5, 0.6) is 0 Å². The number of amides is 1. The van der Waals surface area contributed by atoms with E-state index in [2.05, 4.69) is 12.2 Å². The molecule has 0 bridgehead atoms. The van der Waals surface area contributed by atoms with Gasteiger partial charge in [0.25, 0.3) is 0 Å². The van der Waals surface area contributed by atoms with E-state index in [0.29, 0.717) is 6.61 Å². The Labute approximate surface area is 120 Å². The zero-order chi connectivity index (χ0) is 14.8. The Kier molecular flexibility index (Phi) is 7.40. The molecule has 1 atom stereocenters. The lowest BCUT2D eigenvalue weighted by molar-refractivity contribution is -0.144. The third kappa shape index (κ3) is 5.87. The van der Waals surface area contributed by atoms with Crippen molar-refractivity contribution in [2.24, 2.45) is 0 Å². The number of esters is 1. The fourth-order valence-electron chi connectivity index (χ4n) is 2.01. The van der Waals surface area contributed by atoms with Gasteiger partial charge in [0.05, 0.1) is 19.1 Å². The van der Waals surface area contributed by atoms with Crippen molar-refractivity contribution in [3.8, 4) is 0 Å². The van der Waals surface area contributed by atoms with Crippen LogP contribution in [0, 0.1) is 0 Å². The van der Waals surface area contributed by atoms with Crippen molar-refractivity contribution in [3.05, 3.63) is 35.9 Å². The van der Waals surface area contributed by atoms with Gasteiger partial charge >= 0.3 is 5.97 Å². The third-order valence-electron chi connectivity index (χ3n) is 2.98. The molecule has 0 aromatic heterocycles. The maximum atomic E-state index is 11.9. The fourth-order valence-corrected chi connectivity index (χ4v) is 2.01. The molecule has 1 aromatic rings. The molecule has 1 unspecified atom stereocenters. The third-order valence-corrected chi connectivity index (χ3v) is 2.98. The molecule has 0 fully saturated rings. The highest BCUT2D eigenvalue weighted by atomic mass is 16.5. The molecule has 0 aliphatic carbocycles. The summed E-state index contributed by atoms with van der Waals surface area (Å²) in [6, 6.07) is 9.90. The van der Waals surface area contributed by atoms with E-state index in [4.69, 9.17) is 4.74 Å². The molecule has 0 heterocycles. The van der Waals surface area contributed by atoms with E-state index in [1.807, 2.05) is 30.3 Å². The second-order valence-electron chi connectivity index (χ2n) is 4.62.